The molecule has 3 heterocycles. The summed E-state index contributed by atoms with van der Waals surface area (Å²) in [5.41, 5.74) is 2.65. The summed E-state index contributed by atoms with van der Waals surface area (Å²) in [4.78, 5) is 0.0168. The molecule has 2 aliphatic rings. The summed E-state index contributed by atoms with van der Waals surface area (Å²) in [7, 11) is -4.26. The van der Waals surface area contributed by atoms with Crippen molar-refractivity contribution in [2.24, 2.45) is 0 Å². The lowest BCUT2D eigenvalue weighted by atomic mass is 10.0. The van der Waals surface area contributed by atoms with Gasteiger partial charge in [0.15, 0.2) is 0 Å². The molecule has 132 valence electrons. The lowest BCUT2D eigenvalue weighted by molar-refractivity contribution is 0.0799. The first kappa shape index (κ1) is 16.0. The van der Waals surface area contributed by atoms with Gasteiger partial charge in [-0.25, -0.2) is 0 Å². The summed E-state index contributed by atoms with van der Waals surface area (Å²) in [6.07, 6.45) is 2.45. The summed E-state index contributed by atoms with van der Waals surface area (Å²) in [6, 6.07) is 3.47. The molecule has 0 spiro atoms. The van der Waals surface area contributed by atoms with Crippen molar-refractivity contribution in [2.75, 3.05) is 0 Å². The van der Waals surface area contributed by atoms with Gasteiger partial charge >= 0.3 is 10.1 Å². The quantitative estimate of drug-likeness (QED) is 0.812. The highest BCUT2D eigenvalue weighted by atomic mass is 32.2. The summed E-state index contributed by atoms with van der Waals surface area (Å²) in [5.74, 6) is -0.953. The van der Waals surface area contributed by atoms with Crippen LogP contribution < -0.4 is 4.28 Å². The van der Waals surface area contributed by atoms with E-state index < -0.39 is 34.1 Å². The maximum absolute atomic E-state index is 12.8. The summed E-state index contributed by atoms with van der Waals surface area (Å²) >= 11 is 0. The number of nitrogens with zero attached hydrogens (tertiary/aromatic N) is 1. The zero-order valence-corrected chi connectivity index (χ0v) is 14.7. The molecular formula is C17H17NO6S. The van der Waals surface area contributed by atoms with Crippen molar-refractivity contribution in [1.29, 1.82) is 0 Å². The van der Waals surface area contributed by atoms with E-state index in [1.54, 1.807) is 38.1 Å². The zero-order valence-electron chi connectivity index (χ0n) is 13.8. The smallest absolute Gasteiger partial charge is 0.357 e. The van der Waals surface area contributed by atoms with E-state index in [0.29, 0.717) is 27.0 Å². The highest BCUT2D eigenvalue weighted by molar-refractivity contribution is 7.87. The molecule has 0 radical (unpaired) electrons. The number of ether oxygens (including phenoxy) is 1. The van der Waals surface area contributed by atoms with Crippen LogP contribution in [0.2, 0.25) is 0 Å². The van der Waals surface area contributed by atoms with Crippen molar-refractivity contribution >= 4 is 10.1 Å². The van der Waals surface area contributed by atoms with Crippen LogP contribution in [0, 0.1) is 20.8 Å². The predicted molar refractivity (Wildman–Crippen MR) is 87.9 cm³/mol. The molecule has 0 amide bonds. The molecule has 7 nitrogen and oxygen atoms in total. The van der Waals surface area contributed by atoms with E-state index in [0.717, 1.165) is 5.56 Å². The van der Waals surface area contributed by atoms with E-state index in [4.69, 9.17) is 9.02 Å². The van der Waals surface area contributed by atoms with Gasteiger partial charge in [0.2, 0.25) is 11.8 Å². The summed E-state index contributed by atoms with van der Waals surface area (Å²) in [6.45, 7) is 5.21. The first-order chi connectivity index (χ1) is 11.7. The number of rotatable bonds is 3. The van der Waals surface area contributed by atoms with Crippen molar-refractivity contribution in [3.63, 3.8) is 0 Å². The standard InChI is InChI=1S/C17H17NO6S/c1-8-6-9(2)15(10(3)7-8)25(21,22)24-18-16(19)13-11-4-5-12(23-11)14(13)17(18)20/h4-7,11-12,19-20H,1-3H3. The van der Waals surface area contributed by atoms with Crippen molar-refractivity contribution in [2.45, 2.75) is 37.9 Å². The van der Waals surface area contributed by atoms with E-state index in [-0.39, 0.29) is 4.90 Å². The van der Waals surface area contributed by atoms with Crippen LogP contribution in [-0.4, -0.2) is 23.4 Å². The molecule has 0 saturated heterocycles. The molecule has 1 aromatic heterocycles. The fraction of sp³-hybridized carbons (Fsp3) is 0.294. The Hall–Kier alpha value is -2.45. The van der Waals surface area contributed by atoms with Gasteiger partial charge in [0, 0.05) is 0 Å². The van der Waals surface area contributed by atoms with Crippen molar-refractivity contribution < 1.29 is 27.7 Å². The predicted octanol–water partition coefficient (Wildman–Crippen LogP) is 2.32. The van der Waals surface area contributed by atoms with Crippen LogP contribution in [0.3, 0.4) is 0 Å². The van der Waals surface area contributed by atoms with E-state index in [2.05, 4.69) is 0 Å². The normalized spacial score (nSPS) is 20.9. The Bertz CT molecular complexity index is 975. The minimum absolute atomic E-state index is 0.0168. The SMILES string of the molecule is Cc1cc(C)c(S(=O)(=O)On2c(O)c3c(c2O)C2C=CC3O2)c(C)c1. The molecule has 4 rings (SSSR count). The zero-order chi connectivity index (χ0) is 18.1. The Morgan fingerprint density at radius 1 is 1.00 bits per heavy atom. The van der Waals surface area contributed by atoms with Crippen molar-refractivity contribution in [3.8, 4) is 11.8 Å². The van der Waals surface area contributed by atoms with Gasteiger partial charge in [-0.3, -0.25) is 4.28 Å². The number of fused-ring (bicyclic) bond motifs is 5. The van der Waals surface area contributed by atoms with E-state index in [9.17, 15) is 18.6 Å². The molecule has 0 aliphatic carbocycles. The van der Waals surface area contributed by atoms with Crippen molar-refractivity contribution in [3.05, 3.63) is 52.1 Å². The first-order valence-electron chi connectivity index (χ1n) is 7.73. The molecule has 2 bridgehead atoms. The Kier molecular flexibility index (Phi) is 3.23. The third-order valence-electron chi connectivity index (χ3n) is 4.51. The molecule has 2 atom stereocenters. The second-order valence-corrected chi connectivity index (χ2v) is 7.85. The Balaban J connectivity index is 1.80. The van der Waals surface area contributed by atoms with Gasteiger partial charge in [0.05, 0.1) is 11.1 Å². The van der Waals surface area contributed by atoms with Gasteiger partial charge < -0.3 is 14.9 Å². The number of aromatic hydroxyl groups is 2. The third kappa shape index (κ3) is 2.17. The molecule has 2 N–H and O–H groups in total. The fourth-order valence-electron chi connectivity index (χ4n) is 3.67. The molecule has 2 aliphatic heterocycles. The van der Waals surface area contributed by atoms with Crippen LogP contribution in [0.25, 0.3) is 0 Å². The minimum Gasteiger partial charge on any atom is -0.492 e. The van der Waals surface area contributed by atoms with Crippen LogP contribution in [0.5, 0.6) is 11.8 Å². The summed E-state index contributed by atoms with van der Waals surface area (Å²) in [5, 5.41) is 20.7. The molecule has 0 saturated carbocycles. The Morgan fingerprint density at radius 2 is 1.48 bits per heavy atom. The number of benzene rings is 1. The first-order valence-corrected chi connectivity index (χ1v) is 9.14. The average Bonchev–Trinajstić information content (AvgIpc) is 3.15. The third-order valence-corrected chi connectivity index (χ3v) is 6.00. The van der Waals surface area contributed by atoms with Crippen LogP contribution >= 0.6 is 0 Å². The van der Waals surface area contributed by atoms with Crippen LogP contribution in [0.15, 0.2) is 29.2 Å². The average molecular weight is 363 g/mol. The highest BCUT2D eigenvalue weighted by Gasteiger charge is 2.43. The molecule has 1 aromatic carbocycles. The van der Waals surface area contributed by atoms with E-state index in [1.165, 1.54) is 0 Å². The molecule has 0 fully saturated rings. The number of aromatic nitrogens is 1. The maximum atomic E-state index is 12.8. The lowest BCUT2D eigenvalue weighted by Gasteiger charge is -2.14. The van der Waals surface area contributed by atoms with Gasteiger partial charge in [-0.05, 0) is 31.9 Å². The number of aryl methyl sites for hydroxylation is 3. The second kappa shape index (κ2) is 5.03. The monoisotopic (exact) mass is 363 g/mol. The van der Waals surface area contributed by atoms with Crippen LogP contribution in [-0.2, 0) is 14.9 Å². The van der Waals surface area contributed by atoms with Gasteiger partial charge in [-0.2, -0.15) is 8.42 Å². The Labute approximate surface area is 144 Å². The van der Waals surface area contributed by atoms with E-state index in [1.807, 2.05) is 6.92 Å². The molecule has 2 unspecified atom stereocenters. The van der Waals surface area contributed by atoms with Gasteiger partial charge in [0.25, 0.3) is 0 Å². The number of hydrogen-bond acceptors (Lipinski definition) is 6. The van der Waals surface area contributed by atoms with Crippen molar-refractivity contribution in [1.82, 2.24) is 4.73 Å². The molecule has 8 heteroatoms. The lowest BCUT2D eigenvalue weighted by Crippen LogP contribution is -2.22. The fourth-order valence-corrected chi connectivity index (χ4v) is 4.99. The van der Waals surface area contributed by atoms with Crippen LogP contribution in [0.4, 0.5) is 0 Å². The van der Waals surface area contributed by atoms with Crippen LogP contribution in [0.1, 0.15) is 40.0 Å². The maximum Gasteiger partial charge on any atom is 0.357 e. The molecule has 2 aromatic rings. The van der Waals surface area contributed by atoms with E-state index >= 15 is 0 Å². The van der Waals surface area contributed by atoms with Gasteiger partial charge in [0.1, 0.15) is 17.1 Å². The minimum atomic E-state index is -4.26. The highest BCUT2D eigenvalue weighted by Crippen LogP contribution is 2.54. The molecule has 25 heavy (non-hydrogen) atoms. The Morgan fingerprint density at radius 3 is 1.96 bits per heavy atom. The van der Waals surface area contributed by atoms with Gasteiger partial charge in [-0.15, -0.1) is 0 Å². The van der Waals surface area contributed by atoms with Gasteiger partial charge in [-0.1, -0.05) is 34.6 Å². The second-order valence-electron chi connectivity index (χ2n) is 6.39. The topological polar surface area (TPSA) is 98.0 Å². The number of hydrogen-bond donors (Lipinski definition) is 2. The largest absolute Gasteiger partial charge is 0.492 e. The molecular weight excluding hydrogens is 346 g/mol. The summed E-state index contributed by atoms with van der Waals surface area (Å²) < 4.78 is 36.6.